The molecule has 2 aromatic rings. The summed E-state index contributed by atoms with van der Waals surface area (Å²) in [6.45, 7) is 1.42. The molecular formula is C20H27FIN3O2. The molecule has 0 radical (unpaired) electrons. The zero-order chi connectivity index (χ0) is 18.8. The van der Waals surface area contributed by atoms with E-state index in [9.17, 15) is 4.39 Å². The second-order valence-corrected chi connectivity index (χ2v) is 5.73. The summed E-state index contributed by atoms with van der Waals surface area (Å²) in [6.07, 6.45) is 1.57. The van der Waals surface area contributed by atoms with Gasteiger partial charge in [0, 0.05) is 20.1 Å². The number of ether oxygens (including phenoxy) is 2. The molecule has 0 heterocycles. The van der Waals surface area contributed by atoms with E-state index in [0.29, 0.717) is 13.1 Å². The smallest absolute Gasteiger partial charge is 0.190 e. The molecule has 5 nitrogen and oxygen atoms in total. The predicted octanol–water partition coefficient (Wildman–Crippen LogP) is 3.41. The van der Waals surface area contributed by atoms with Gasteiger partial charge < -0.3 is 20.1 Å². The van der Waals surface area contributed by atoms with Crippen molar-refractivity contribution in [3.8, 4) is 11.5 Å². The van der Waals surface area contributed by atoms with Crippen LogP contribution in [0.15, 0.2) is 47.5 Å². The molecule has 7 heteroatoms. The second kappa shape index (κ2) is 12.4. The van der Waals surface area contributed by atoms with Crippen LogP contribution in [-0.4, -0.2) is 40.3 Å². The number of guanidine groups is 1. The van der Waals surface area contributed by atoms with Gasteiger partial charge >= 0.3 is 0 Å². The van der Waals surface area contributed by atoms with E-state index in [4.69, 9.17) is 9.47 Å². The Labute approximate surface area is 177 Å². The Kier molecular flexibility index (Phi) is 10.5. The summed E-state index contributed by atoms with van der Waals surface area (Å²) in [4.78, 5) is 4.22. The van der Waals surface area contributed by atoms with Crippen LogP contribution in [0.5, 0.6) is 11.5 Å². The minimum Gasteiger partial charge on any atom is -0.497 e. The average Bonchev–Trinajstić information content (AvgIpc) is 2.68. The Morgan fingerprint density at radius 3 is 2.22 bits per heavy atom. The maximum Gasteiger partial charge on any atom is 0.190 e. The van der Waals surface area contributed by atoms with Crippen molar-refractivity contribution in [2.75, 3.05) is 34.4 Å². The van der Waals surface area contributed by atoms with Crippen molar-refractivity contribution in [2.24, 2.45) is 4.99 Å². The highest BCUT2D eigenvalue weighted by molar-refractivity contribution is 14.0. The molecule has 0 saturated heterocycles. The van der Waals surface area contributed by atoms with Crippen LogP contribution in [0.1, 0.15) is 11.1 Å². The summed E-state index contributed by atoms with van der Waals surface area (Å²) < 4.78 is 23.6. The zero-order valence-electron chi connectivity index (χ0n) is 15.9. The minimum atomic E-state index is -0.216. The summed E-state index contributed by atoms with van der Waals surface area (Å²) in [6, 6.07) is 12.3. The molecule has 0 aromatic heterocycles. The third-order valence-corrected chi connectivity index (χ3v) is 4.02. The van der Waals surface area contributed by atoms with Gasteiger partial charge in [-0.05, 0) is 54.3 Å². The van der Waals surface area contributed by atoms with Crippen LogP contribution >= 0.6 is 24.0 Å². The van der Waals surface area contributed by atoms with Crippen LogP contribution in [0.3, 0.4) is 0 Å². The largest absolute Gasteiger partial charge is 0.497 e. The third-order valence-electron chi connectivity index (χ3n) is 4.02. The summed E-state index contributed by atoms with van der Waals surface area (Å²) in [5.74, 6) is 2.16. The first-order chi connectivity index (χ1) is 12.7. The number of nitrogens with one attached hydrogen (secondary N) is 2. The van der Waals surface area contributed by atoms with Crippen molar-refractivity contribution >= 4 is 29.9 Å². The molecule has 0 unspecified atom stereocenters. The van der Waals surface area contributed by atoms with E-state index >= 15 is 0 Å². The molecule has 0 saturated carbocycles. The van der Waals surface area contributed by atoms with Crippen molar-refractivity contribution in [1.29, 1.82) is 0 Å². The van der Waals surface area contributed by atoms with Gasteiger partial charge in [0.15, 0.2) is 5.96 Å². The van der Waals surface area contributed by atoms with E-state index in [1.807, 2.05) is 18.2 Å². The number of halogens is 2. The van der Waals surface area contributed by atoms with Crippen molar-refractivity contribution in [1.82, 2.24) is 10.6 Å². The van der Waals surface area contributed by atoms with Gasteiger partial charge in [0.25, 0.3) is 0 Å². The molecule has 0 aliphatic heterocycles. The second-order valence-electron chi connectivity index (χ2n) is 5.73. The summed E-state index contributed by atoms with van der Waals surface area (Å²) >= 11 is 0. The third kappa shape index (κ3) is 7.62. The number of nitrogens with zero attached hydrogens (tertiary/aromatic N) is 1. The van der Waals surface area contributed by atoms with Gasteiger partial charge in [-0.1, -0.05) is 12.1 Å². The first-order valence-corrected chi connectivity index (χ1v) is 8.56. The van der Waals surface area contributed by atoms with E-state index in [0.717, 1.165) is 41.4 Å². The zero-order valence-corrected chi connectivity index (χ0v) is 18.3. The lowest BCUT2D eigenvalue weighted by Gasteiger charge is -2.14. The van der Waals surface area contributed by atoms with Crippen LogP contribution in [0.4, 0.5) is 4.39 Å². The van der Waals surface area contributed by atoms with E-state index in [1.165, 1.54) is 12.1 Å². The molecule has 148 valence electrons. The van der Waals surface area contributed by atoms with E-state index in [1.54, 1.807) is 33.4 Å². The number of hydrogen-bond donors (Lipinski definition) is 2. The Balaban J connectivity index is 0.00000364. The van der Waals surface area contributed by atoms with Crippen LogP contribution in [0.25, 0.3) is 0 Å². The average molecular weight is 487 g/mol. The lowest BCUT2D eigenvalue weighted by atomic mass is 10.1. The molecule has 0 spiro atoms. The fraction of sp³-hybridized carbons (Fsp3) is 0.350. The molecule has 2 aromatic carbocycles. The Morgan fingerprint density at radius 1 is 0.963 bits per heavy atom. The number of benzene rings is 2. The van der Waals surface area contributed by atoms with Crippen LogP contribution in [-0.2, 0) is 12.8 Å². The van der Waals surface area contributed by atoms with Crippen LogP contribution < -0.4 is 20.1 Å². The van der Waals surface area contributed by atoms with Gasteiger partial charge in [0.05, 0.1) is 14.2 Å². The Bertz CT molecular complexity index is 724. The molecule has 27 heavy (non-hydrogen) atoms. The monoisotopic (exact) mass is 487 g/mol. The molecule has 0 amide bonds. The molecule has 0 fully saturated rings. The highest BCUT2D eigenvalue weighted by Crippen LogP contribution is 2.24. The van der Waals surface area contributed by atoms with E-state index < -0.39 is 0 Å². The molecule has 0 atom stereocenters. The molecule has 0 bridgehead atoms. The number of methoxy groups -OCH3 is 2. The molecule has 2 N–H and O–H groups in total. The van der Waals surface area contributed by atoms with Gasteiger partial charge in [0.2, 0.25) is 0 Å². The molecule has 0 aliphatic rings. The molecule has 2 rings (SSSR count). The van der Waals surface area contributed by atoms with E-state index in [-0.39, 0.29) is 29.8 Å². The van der Waals surface area contributed by atoms with Crippen LogP contribution in [0, 0.1) is 5.82 Å². The van der Waals surface area contributed by atoms with Gasteiger partial charge in [-0.3, -0.25) is 4.99 Å². The van der Waals surface area contributed by atoms with Gasteiger partial charge in [0.1, 0.15) is 17.3 Å². The standard InChI is InChI=1S/C20H26FN3O2.HI/c1-22-20(23-12-10-15-4-6-17(21)7-5-15)24-13-11-16-14-18(25-2)8-9-19(16)26-3;/h4-9,14H,10-13H2,1-3H3,(H2,22,23,24);1H. The fourth-order valence-electron chi connectivity index (χ4n) is 2.59. The van der Waals surface area contributed by atoms with Crippen molar-refractivity contribution < 1.29 is 13.9 Å². The highest BCUT2D eigenvalue weighted by atomic mass is 127. The van der Waals surface area contributed by atoms with Crippen molar-refractivity contribution in [3.63, 3.8) is 0 Å². The van der Waals surface area contributed by atoms with Crippen LogP contribution in [0.2, 0.25) is 0 Å². The molecule has 0 aliphatic carbocycles. The predicted molar refractivity (Wildman–Crippen MR) is 118 cm³/mol. The Morgan fingerprint density at radius 2 is 1.63 bits per heavy atom. The normalized spacial score (nSPS) is 10.7. The summed E-state index contributed by atoms with van der Waals surface area (Å²) in [5.41, 5.74) is 2.15. The minimum absolute atomic E-state index is 0. The maximum absolute atomic E-state index is 12.9. The first-order valence-electron chi connectivity index (χ1n) is 8.56. The maximum atomic E-state index is 12.9. The fourth-order valence-corrected chi connectivity index (χ4v) is 2.59. The highest BCUT2D eigenvalue weighted by Gasteiger charge is 2.06. The lowest BCUT2D eigenvalue weighted by Crippen LogP contribution is -2.39. The molecular weight excluding hydrogens is 460 g/mol. The lowest BCUT2D eigenvalue weighted by molar-refractivity contribution is 0.398. The van der Waals surface area contributed by atoms with Gasteiger partial charge in [-0.15, -0.1) is 24.0 Å². The van der Waals surface area contributed by atoms with Gasteiger partial charge in [-0.2, -0.15) is 0 Å². The van der Waals surface area contributed by atoms with E-state index in [2.05, 4.69) is 15.6 Å². The number of rotatable bonds is 8. The quantitative estimate of drug-likeness (QED) is 0.341. The summed E-state index contributed by atoms with van der Waals surface area (Å²) in [7, 11) is 5.05. The topological polar surface area (TPSA) is 54.9 Å². The number of hydrogen-bond acceptors (Lipinski definition) is 3. The number of aliphatic imine (C=N–C) groups is 1. The Hall–Kier alpha value is -2.03. The SMILES string of the molecule is CN=C(NCCc1ccc(F)cc1)NCCc1cc(OC)ccc1OC.I. The van der Waals surface area contributed by atoms with Crippen molar-refractivity contribution in [3.05, 3.63) is 59.4 Å². The summed E-state index contributed by atoms with van der Waals surface area (Å²) in [5, 5.41) is 6.54. The van der Waals surface area contributed by atoms with Crippen molar-refractivity contribution in [2.45, 2.75) is 12.8 Å². The van der Waals surface area contributed by atoms with Gasteiger partial charge in [-0.25, -0.2) is 4.39 Å². The first kappa shape index (κ1) is 23.0.